The minimum absolute atomic E-state index is 0.187. The van der Waals surface area contributed by atoms with E-state index in [1.165, 1.54) is 16.7 Å². The van der Waals surface area contributed by atoms with Gasteiger partial charge >= 0.3 is 12.0 Å². The molecule has 7 nitrogen and oxygen atoms in total. The molecule has 2 amide bonds. The largest absolute Gasteiger partial charge is 0.481 e. The Morgan fingerprint density at radius 3 is 2.62 bits per heavy atom. The molecule has 0 spiro atoms. The average Bonchev–Trinajstić information content (AvgIpc) is 2.86. The lowest BCUT2D eigenvalue weighted by molar-refractivity contribution is -0.141. The van der Waals surface area contributed by atoms with Gasteiger partial charge in [0, 0.05) is 30.3 Å². The molecule has 0 aromatic heterocycles. The van der Waals surface area contributed by atoms with Gasteiger partial charge in [-0.05, 0) is 19.3 Å². The summed E-state index contributed by atoms with van der Waals surface area (Å²) < 4.78 is 23.5. The number of aliphatic carboxylic acids is 1. The van der Waals surface area contributed by atoms with Gasteiger partial charge in [-0.2, -0.15) is 11.8 Å². The van der Waals surface area contributed by atoms with Crippen molar-refractivity contribution in [1.29, 1.82) is 0 Å². The summed E-state index contributed by atoms with van der Waals surface area (Å²) in [6, 6.07) is -0.588. The fourth-order valence-electron chi connectivity index (χ4n) is 2.76. The van der Waals surface area contributed by atoms with Crippen molar-refractivity contribution in [3.8, 4) is 0 Å². The molecule has 2 aliphatic rings. The smallest absolute Gasteiger partial charge is 0.318 e. The summed E-state index contributed by atoms with van der Waals surface area (Å²) in [4.78, 5) is 24.6. The number of amides is 2. The van der Waals surface area contributed by atoms with E-state index in [9.17, 15) is 18.0 Å². The number of rotatable bonds is 3. The molecule has 0 bridgehead atoms. The Bertz CT molecular complexity index is 522. The number of carboxylic acids is 1. The second kappa shape index (κ2) is 6.43. The van der Waals surface area contributed by atoms with Crippen LogP contribution in [0.4, 0.5) is 4.79 Å². The van der Waals surface area contributed by atoms with E-state index in [1.54, 1.807) is 0 Å². The molecule has 21 heavy (non-hydrogen) atoms. The van der Waals surface area contributed by atoms with Gasteiger partial charge in [0.2, 0.25) is 0 Å². The van der Waals surface area contributed by atoms with Gasteiger partial charge in [0.1, 0.15) is 5.37 Å². The number of carboxylic acid groups (broad SMARTS) is 1. The van der Waals surface area contributed by atoms with Crippen LogP contribution in [0.25, 0.3) is 0 Å². The average molecular weight is 336 g/mol. The lowest BCUT2D eigenvalue weighted by Crippen LogP contribution is -2.54. The molecule has 1 heterocycles. The first-order chi connectivity index (χ1) is 9.79. The number of nitrogens with zero attached hydrogens (tertiary/aromatic N) is 1. The van der Waals surface area contributed by atoms with Crippen molar-refractivity contribution in [3.63, 3.8) is 0 Å². The molecule has 1 saturated carbocycles. The van der Waals surface area contributed by atoms with Crippen LogP contribution < -0.4 is 5.32 Å². The highest BCUT2D eigenvalue weighted by Crippen LogP contribution is 2.26. The lowest BCUT2D eigenvalue weighted by Gasteiger charge is -2.34. The van der Waals surface area contributed by atoms with Gasteiger partial charge in [0.25, 0.3) is 0 Å². The van der Waals surface area contributed by atoms with Crippen LogP contribution in [0.15, 0.2) is 0 Å². The molecule has 3 unspecified atom stereocenters. The summed E-state index contributed by atoms with van der Waals surface area (Å²) in [7, 11) is -3.33. The monoisotopic (exact) mass is 336 g/mol. The van der Waals surface area contributed by atoms with E-state index in [2.05, 4.69) is 5.32 Å². The number of urea groups is 1. The van der Waals surface area contributed by atoms with Crippen molar-refractivity contribution in [2.75, 3.05) is 24.3 Å². The summed E-state index contributed by atoms with van der Waals surface area (Å²) >= 11 is 1.52. The zero-order valence-corrected chi connectivity index (χ0v) is 13.5. The van der Waals surface area contributed by atoms with Crippen LogP contribution in [0, 0.1) is 5.92 Å². The SMILES string of the molecule is CS(=O)(=O)C1CSCCN1C(=O)NC1CCC(C(=O)O)C1. The van der Waals surface area contributed by atoms with Crippen molar-refractivity contribution in [2.24, 2.45) is 5.92 Å². The second-order valence-electron chi connectivity index (χ2n) is 5.55. The highest BCUT2D eigenvalue weighted by Gasteiger charge is 2.36. The van der Waals surface area contributed by atoms with Gasteiger partial charge in [-0.3, -0.25) is 4.79 Å². The minimum atomic E-state index is -3.33. The minimum Gasteiger partial charge on any atom is -0.481 e. The van der Waals surface area contributed by atoms with Gasteiger partial charge in [0.15, 0.2) is 9.84 Å². The first-order valence-corrected chi connectivity index (χ1v) is 9.96. The second-order valence-corrected chi connectivity index (χ2v) is 8.90. The molecule has 0 aromatic rings. The van der Waals surface area contributed by atoms with Crippen LogP contribution in [0.2, 0.25) is 0 Å². The Labute approximate surface area is 128 Å². The summed E-state index contributed by atoms with van der Waals surface area (Å²) in [6.45, 7) is 0.392. The van der Waals surface area contributed by atoms with Crippen LogP contribution in [0.5, 0.6) is 0 Å². The third-order valence-corrected chi connectivity index (χ3v) is 6.59. The first-order valence-electron chi connectivity index (χ1n) is 6.85. The topological polar surface area (TPSA) is 104 Å². The summed E-state index contributed by atoms with van der Waals surface area (Å²) in [5.41, 5.74) is 0. The summed E-state index contributed by atoms with van der Waals surface area (Å²) in [6.07, 6.45) is 2.72. The number of hydrogen-bond acceptors (Lipinski definition) is 5. The van der Waals surface area contributed by atoms with Gasteiger partial charge in [-0.1, -0.05) is 0 Å². The Kier molecular flexibility index (Phi) is 5.03. The van der Waals surface area contributed by atoms with Crippen molar-refractivity contribution < 1.29 is 23.1 Å². The van der Waals surface area contributed by atoms with Gasteiger partial charge in [-0.25, -0.2) is 13.2 Å². The van der Waals surface area contributed by atoms with E-state index in [-0.39, 0.29) is 6.04 Å². The summed E-state index contributed by atoms with van der Waals surface area (Å²) in [5.74, 6) is -0.163. The number of sulfone groups is 1. The molecule has 9 heteroatoms. The molecule has 1 saturated heterocycles. The van der Waals surface area contributed by atoms with E-state index in [1.807, 2.05) is 0 Å². The van der Waals surface area contributed by atoms with Crippen molar-refractivity contribution >= 4 is 33.6 Å². The highest BCUT2D eigenvalue weighted by molar-refractivity contribution is 8.00. The van der Waals surface area contributed by atoms with E-state index >= 15 is 0 Å². The van der Waals surface area contributed by atoms with Crippen molar-refractivity contribution in [2.45, 2.75) is 30.7 Å². The van der Waals surface area contributed by atoms with Crippen LogP contribution in [0.3, 0.4) is 0 Å². The van der Waals surface area contributed by atoms with Gasteiger partial charge < -0.3 is 15.3 Å². The van der Waals surface area contributed by atoms with E-state index in [0.717, 1.165) is 6.26 Å². The fraction of sp³-hybridized carbons (Fsp3) is 0.833. The molecule has 3 atom stereocenters. The molecule has 2 fully saturated rings. The molecule has 1 aliphatic carbocycles. The molecule has 2 N–H and O–H groups in total. The first kappa shape index (κ1) is 16.4. The van der Waals surface area contributed by atoms with Crippen LogP contribution in [-0.2, 0) is 14.6 Å². The quantitative estimate of drug-likeness (QED) is 0.772. The van der Waals surface area contributed by atoms with Crippen molar-refractivity contribution in [1.82, 2.24) is 10.2 Å². The number of hydrogen-bond donors (Lipinski definition) is 2. The van der Waals surface area contributed by atoms with E-state index < -0.39 is 33.1 Å². The number of carbonyl (C=O) groups is 2. The Hall–Kier alpha value is -0.960. The number of nitrogens with one attached hydrogen (secondary N) is 1. The molecule has 0 radical (unpaired) electrons. The predicted molar refractivity (Wildman–Crippen MR) is 80.0 cm³/mol. The maximum Gasteiger partial charge on any atom is 0.318 e. The van der Waals surface area contributed by atoms with Crippen LogP contribution in [0.1, 0.15) is 19.3 Å². The van der Waals surface area contributed by atoms with Gasteiger partial charge in [0.05, 0.1) is 5.92 Å². The van der Waals surface area contributed by atoms with Crippen LogP contribution in [-0.4, -0.2) is 66.1 Å². The van der Waals surface area contributed by atoms with Gasteiger partial charge in [-0.15, -0.1) is 0 Å². The maximum atomic E-state index is 12.3. The van der Waals surface area contributed by atoms with Crippen molar-refractivity contribution in [3.05, 3.63) is 0 Å². The molecular weight excluding hydrogens is 316 g/mol. The standard InChI is InChI=1S/C12H20N2O5S2/c1-21(18,19)10-7-20-5-4-14(10)12(17)13-9-3-2-8(6-9)11(15)16/h8-10H,2-7H2,1H3,(H,13,17)(H,15,16). The Balaban J connectivity index is 1.97. The Morgan fingerprint density at radius 1 is 1.33 bits per heavy atom. The normalized spacial score (nSPS) is 30.1. The van der Waals surface area contributed by atoms with E-state index in [4.69, 9.17) is 5.11 Å². The third-order valence-electron chi connectivity index (χ3n) is 3.95. The zero-order valence-electron chi connectivity index (χ0n) is 11.8. The summed E-state index contributed by atoms with van der Waals surface area (Å²) in [5, 5.41) is 10.9. The fourth-order valence-corrected chi connectivity index (χ4v) is 5.58. The highest BCUT2D eigenvalue weighted by atomic mass is 32.2. The molecule has 120 valence electrons. The third kappa shape index (κ3) is 4.03. The lowest BCUT2D eigenvalue weighted by atomic mass is 10.1. The predicted octanol–water partition coefficient (Wildman–Crippen LogP) is 0.369. The van der Waals surface area contributed by atoms with Crippen LogP contribution >= 0.6 is 11.8 Å². The number of thioether (sulfide) groups is 1. The van der Waals surface area contributed by atoms with E-state index in [0.29, 0.717) is 37.3 Å². The molecule has 2 rings (SSSR count). The molecular formula is C12H20N2O5S2. The maximum absolute atomic E-state index is 12.3. The Morgan fingerprint density at radius 2 is 2.05 bits per heavy atom. The molecule has 0 aromatic carbocycles. The zero-order chi connectivity index (χ0) is 15.6. The molecule has 1 aliphatic heterocycles. The number of carbonyl (C=O) groups excluding carboxylic acids is 1.